The summed E-state index contributed by atoms with van der Waals surface area (Å²) in [4.78, 5) is 26.3. The molecule has 1 aromatic heterocycles. The van der Waals surface area contributed by atoms with Crippen molar-refractivity contribution in [2.45, 2.75) is 39.8 Å². The highest BCUT2D eigenvalue weighted by Crippen LogP contribution is 2.21. The Morgan fingerprint density at radius 2 is 1.76 bits per heavy atom. The van der Waals surface area contributed by atoms with Crippen LogP contribution in [0.5, 0.6) is 0 Å². The number of furan rings is 1. The molecule has 3 rings (SSSR count). The molecule has 2 N–H and O–H groups in total. The molecule has 0 radical (unpaired) electrons. The summed E-state index contributed by atoms with van der Waals surface area (Å²) in [6, 6.07) is 7.89. The van der Waals surface area contributed by atoms with Gasteiger partial charge in [0.25, 0.3) is 0 Å². The fourth-order valence-electron chi connectivity index (χ4n) is 3.61. The first-order valence-corrected chi connectivity index (χ1v) is 9.99. The van der Waals surface area contributed by atoms with Crippen LogP contribution in [0.15, 0.2) is 34.7 Å². The lowest BCUT2D eigenvalue weighted by atomic mass is 9.96. The minimum atomic E-state index is -0.669. The van der Waals surface area contributed by atoms with Crippen molar-refractivity contribution < 1.29 is 18.4 Å². The molecule has 1 aromatic carbocycles. The van der Waals surface area contributed by atoms with Crippen LogP contribution in [0.1, 0.15) is 35.5 Å². The fourth-order valence-corrected chi connectivity index (χ4v) is 3.61. The molecule has 1 aliphatic rings. The van der Waals surface area contributed by atoms with Crippen molar-refractivity contribution in [2.75, 3.05) is 19.6 Å². The van der Waals surface area contributed by atoms with E-state index in [9.17, 15) is 14.0 Å². The average Bonchev–Trinajstić information content (AvgIpc) is 3.03. The highest BCUT2D eigenvalue weighted by atomic mass is 19.1. The molecule has 1 saturated heterocycles. The van der Waals surface area contributed by atoms with Gasteiger partial charge >= 0.3 is 11.8 Å². The molecule has 0 unspecified atom stereocenters. The molecule has 0 bridgehead atoms. The summed E-state index contributed by atoms with van der Waals surface area (Å²) in [6.07, 6.45) is 1.96. The molecule has 1 fully saturated rings. The molecule has 1 aliphatic heterocycles. The van der Waals surface area contributed by atoms with Crippen molar-refractivity contribution in [3.8, 4) is 0 Å². The standard InChI is InChI=1S/C22H28FN3O3/c1-15-11-19(16(2)29-15)14-26-9-7-18(8-10-26)13-25-22(28)21(27)24-12-17-3-5-20(23)6-4-17/h3-6,11,18H,7-10,12-14H2,1-2H3,(H,24,27)(H,25,28). The van der Waals surface area contributed by atoms with E-state index in [1.165, 1.54) is 17.7 Å². The van der Waals surface area contributed by atoms with Gasteiger partial charge in [-0.1, -0.05) is 12.1 Å². The van der Waals surface area contributed by atoms with Crippen LogP contribution in [0, 0.1) is 25.6 Å². The van der Waals surface area contributed by atoms with Crippen molar-refractivity contribution >= 4 is 11.8 Å². The Kier molecular flexibility index (Phi) is 7.04. The van der Waals surface area contributed by atoms with Crippen molar-refractivity contribution in [1.29, 1.82) is 0 Å². The van der Waals surface area contributed by atoms with Crippen molar-refractivity contribution in [3.05, 3.63) is 58.8 Å². The van der Waals surface area contributed by atoms with E-state index in [2.05, 4.69) is 21.6 Å². The predicted octanol–water partition coefficient (Wildman–Crippen LogP) is 2.68. The number of hydrogen-bond acceptors (Lipinski definition) is 4. The Hall–Kier alpha value is -2.67. The summed E-state index contributed by atoms with van der Waals surface area (Å²) in [5.74, 6) is 0.652. The molecule has 0 saturated carbocycles. The van der Waals surface area contributed by atoms with Crippen LogP contribution in [0.2, 0.25) is 0 Å². The number of piperidine rings is 1. The van der Waals surface area contributed by atoms with Gasteiger partial charge in [-0.25, -0.2) is 4.39 Å². The van der Waals surface area contributed by atoms with Gasteiger partial charge in [0.1, 0.15) is 17.3 Å². The lowest BCUT2D eigenvalue weighted by molar-refractivity contribution is -0.139. The normalized spacial score (nSPS) is 15.3. The fraction of sp³-hybridized carbons (Fsp3) is 0.455. The summed E-state index contributed by atoms with van der Waals surface area (Å²) in [5, 5.41) is 5.29. The van der Waals surface area contributed by atoms with Crippen LogP contribution in [-0.4, -0.2) is 36.3 Å². The van der Waals surface area contributed by atoms with Crippen molar-refractivity contribution in [1.82, 2.24) is 15.5 Å². The quantitative estimate of drug-likeness (QED) is 0.730. The van der Waals surface area contributed by atoms with E-state index in [1.807, 2.05) is 13.8 Å². The van der Waals surface area contributed by atoms with Crippen LogP contribution in [0.25, 0.3) is 0 Å². The van der Waals surface area contributed by atoms with E-state index in [-0.39, 0.29) is 12.4 Å². The number of rotatable bonds is 6. The third-order valence-electron chi connectivity index (χ3n) is 5.37. The molecule has 0 aliphatic carbocycles. The smallest absolute Gasteiger partial charge is 0.309 e. The van der Waals surface area contributed by atoms with E-state index in [1.54, 1.807) is 12.1 Å². The monoisotopic (exact) mass is 401 g/mol. The van der Waals surface area contributed by atoms with Gasteiger partial charge in [0.05, 0.1) is 0 Å². The maximum absolute atomic E-state index is 12.9. The summed E-state index contributed by atoms with van der Waals surface area (Å²) in [6.45, 7) is 7.45. The maximum Gasteiger partial charge on any atom is 0.309 e. The zero-order valence-electron chi connectivity index (χ0n) is 17.0. The lowest BCUT2D eigenvalue weighted by Gasteiger charge is -2.31. The first-order chi connectivity index (χ1) is 13.9. The van der Waals surface area contributed by atoms with Crippen LogP contribution >= 0.6 is 0 Å². The van der Waals surface area contributed by atoms with E-state index in [4.69, 9.17) is 4.42 Å². The van der Waals surface area contributed by atoms with Gasteiger partial charge < -0.3 is 15.1 Å². The molecule has 7 heteroatoms. The van der Waals surface area contributed by atoms with Gasteiger partial charge in [-0.05, 0) is 69.5 Å². The Labute approximate surface area is 170 Å². The van der Waals surface area contributed by atoms with E-state index in [0.717, 1.165) is 49.6 Å². The number of halogens is 1. The molecule has 2 amide bonds. The van der Waals surface area contributed by atoms with Gasteiger partial charge in [-0.3, -0.25) is 14.5 Å². The van der Waals surface area contributed by atoms with Gasteiger partial charge in [0, 0.05) is 25.2 Å². The topological polar surface area (TPSA) is 74.6 Å². The number of benzene rings is 1. The Morgan fingerprint density at radius 1 is 1.10 bits per heavy atom. The van der Waals surface area contributed by atoms with Crippen LogP contribution in [0.3, 0.4) is 0 Å². The molecule has 156 valence electrons. The first kappa shape index (κ1) is 21.0. The molecule has 2 heterocycles. The number of nitrogens with zero attached hydrogens (tertiary/aromatic N) is 1. The molecule has 0 atom stereocenters. The maximum atomic E-state index is 12.9. The van der Waals surface area contributed by atoms with Gasteiger partial charge in [-0.15, -0.1) is 0 Å². The third kappa shape index (κ3) is 6.15. The molecule has 0 spiro atoms. The minimum absolute atomic E-state index is 0.192. The zero-order valence-corrected chi connectivity index (χ0v) is 17.0. The summed E-state index contributed by atoms with van der Waals surface area (Å²) >= 11 is 0. The average molecular weight is 401 g/mol. The van der Waals surface area contributed by atoms with Gasteiger partial charge in [0.15, 0.2) is 0 Å². The number of carbonyl (C=O) groups is 2. The number of hydrogen-bond donors (Lipinski definition) is 2. The summed E-state index contributed by atoms with van der Waals surface area (Å²) < 4.78 is 18.5. The van der Waals surface area contributed by atoms with E-state index in [0.29, 0.717) is 12.5 Å². The third-order valence-corrected chi connectivity index (χ3v) is 5.37. The number of aryl methyl sites for hydroxylation is 2. The van der Waals surface area contributed by atoms with E-state index < -0.39 is 11.8 Å². The number of likely N-dealkylation sites (tertiary alicyclic amines) is 1. The Balaban J connectivity index is 1.35. The lowest BCUT2D eigenvalue weighted by Crippen LogP contribution is -2.43. The summed E-state index contributed by atoms with van der Waals surface area (Å²) in [5.41, 5.74) is 1.97. The van der Waals surface area contributed by atoms with Crippen LogP contribution in [-0.2, 0) is 22.7 Å². The second kappa shape index (κ2) is 9.69. The molecular formula is C22H28FN3O3. The SMILES string of the molecule is Cc1cc(CN2CCC(CNC(=O)C(=O)NCc3ccc(F)cc3)CC2)c(C)o1. The number of amides is 2. The molecular weight excluding hydrogens is 373 g/mol. The van der Waals surface area contributed by atoms with Crippen molar-refractivity contribution in [2.24, 2.45) is 5.92 Å². The highest BCUT2D eigenvalue weighted by molar-refractivity contribution is 6.35. The van der Waals surface area contributed by atoms with Gasteiger partial charge in [-0.2, -0.15) is 0 Å². The predicted molar refractivity (Wildman–Crippen MR) is 107 cm³/mol. The zero-order chi connectivity index (χ0) is 20.8. The number of nitrogens with one attached hydrogen (secondary N) is 2. The molecule has 2 aromatic rings. The number of carbonyl (C=O) groups excluding carboxylic acids is 2. The highest BCUT2D eigenvalue weighted by Gasteiger charge is 2.22. The second-order valence-electron chi connectivity index (χ2n) is 7.68. The molecule has 29 heavy (non-hydrogen) atoms. The van der Waals surface area contributed by atoms with Crippen LogP contribution < -0.4 is 10.6 Å². The molecule has 6 nitrogen and oxygen atoms in total. The summed E-state index contributed by atoms with van der Waals surface area (Å²) in [7, 11) is 0. The largest absolute Gasteiger partial charge is 0.466 e. The second-order valence-corrected chi connectivity index (χ2v) is 7.68. The van der Waals surface area contributed by atoms with E-state index >= 15 is 0 Å². The van der Waals surface area contributed by atoms with Crippen molar-refractivity contribution in [3.63, 3.8) is 0 Å². The Morgan fingerprint density at radius 3 is 2.38 bits per heavy atom. The van der Waals surface area contributed by atoms with Gasteiger partial charge in [0.2, 0.25) is 0 Å². The minimum Gasteiger partial charge on any atom is -0.466 e. The Bertz CT molecular complexity index is 839. The van der Waals surface area contributed by atoms with Crippen LogP contribution in [0.4, 0.5) is 4.39 Å². The first-order valence-electron chi connectivity index (χ1n) is 9.99.